The molecule has 1 saturated carbocycles. The molecular formula is C61H56BN3OS. The van der Waals surface area contributed by atoms with E-state index in [1.165, 1.54) is 123 Å². The van der Waals surface area contributed by atoms with Gasteiger partial charge in [0.05, 0.1) is 21.4 Å². The van der Waals surface area contributed by atoms with Crippen molar-refractivity contribution in [3.63, 3.8) is 0 Å². The average molecular weight is 890 g/mol. The number of hydrogen-bond acceptors (Lipinski definition) is 4. The van der Waals surface area contributed by atoms with Gasteiger partial charge in [0.1, 0.15) is 11.1 Å². The lowest BCUT2D eigenvalue weighted by molar-refractivity contribution is 0.195. The van der Waals surface area contributed by atoms with Crippen molar-refractivity contribution in [1.82, 2.24) is 4.57 Å². The fraction of sp³-hybridized carbons (Fsp3) is 0.279. The number of hydrogen-bond donors (Lipinski definition) is 0. The molecule has 3 aliphatic heterocycles. The molecule has 14 rings (SSSR count). The zero-order valence-electron chi connectivity index (χ0n) is 40.2. The number of aryl methyl sites for hydroxylation is 1. The van der Waals surface area contributed by atoms with E-state index in [-0.39, 0.29) is 28.5 Å². The maximum absolute atomic E-state index is 6.95. The second-order valence-electron chi connectivity index (χ2n) is 22.9. The van der Waals surface area contributed by atoms with Crippen LogP contribution < -0.4 is 26.2 Å². The summed E-state index contributed by atoms with van der Waals surface area (Å²) in [5.74, 6) is 0. The standard InChI is InChI=1S/C61H56BN3OS/c1-35-29-49-53-50(30-35)64-54-42(56-55(64)41-18-10-12-21-51(41)66-56)31-37(59(5,6)7)33-45(54)62(53)44-25-24-38(34-48(44)63(49)47-20-16-19-40-39-17-11-13-22-52(39)67-57(40)47)65-46-26-23-36(58(2,3)4)32-43(46)60(8)27-14-15-28-61(60,65)9/h10-13,16-26,29-34H,14-15,27-28H2,1-9H3. The van der Waals surface area contributed by atoms with E-state index in [1.807, 2.05) is 11.3 Å². The number of anilines is 5. The Morgan fingerprint density at radius 1 is 0.597 bits per heavy atom. The molecule has 1 aliphatic carbocycles. The van der Waals surface area contributed by atoms with Crippen molar-refractivity contribution in [3.8, 4) is 5.69 Å². The first-order valence-electron chi connectivity index (χ1n) is 24.6. The molecule has 0 spiro atoms. The quantitative estimate of drug-likeness (QED) is 0.162. The summed E-state index contributed by atoms with van der Waals surface area (Å²) in [5, 5.41) is 4.99. The smallest absolute Gasteiger partial charge is 0.252 e. The van der Waals surface area contributed by atoms with Gasteiger partial charge in [-0.2, -0.15) is 0 Å². The van der Waals surface area contributed by atoms with Crippen molar-refractivity contribution in [2.75, 3.05) is 9.80 Å². The van der Waals surface area contributed by atoms with Crippen LogP contribution >= 0.6 is 11.3 Å². The van der Waals surface area contributed by atoms with Crippen LogP contribution in [0.4, 0.5) is 28.4 Å². The highest BCUT2D eigenvalue weighted by Crippen LogP contribution is 2.62. The Balaban J connectivity index is 1.11. The lowest BCUT2D eigenvalue weighted by atomic mass is 9.33. The van der Waals surface area contributed by atoms with E-state index in [4.69, 9.17) is 4.42 Å². The van der Waals surface area contributed by atoms with Crippen molar-refractivity contribution in [1.29, 1.82) is 0 Å². The number of furan rings is 1. The van der Waals surface area contributed by atoms with Crippen LogP contribution in [0, 0.1) is 6.92 Å². The third-order valence-electron chi connectivity index (χ3n) is 17.0. The third kappa shape index (κ3) is 5.10. The van der Waals surface area contributed by atoms with E-state index in [0.717, 1.165) is 28.5 Å². The van der Waals surface area contributed by atoms with Crippen LogP contribution in [0.25, 0.3) is 58.8 Å². The van der Waals surface area contributed by atoms with Crippen LogP contribution in [-0.4, -0.2) is 16.8 Å². The van der Waals surface area contributed by atoms with Crippen LogP contribution in [-0.2, 0) is 16.2 Å². The zero-order chi connectivity index (χ0) is 45.7. The molecule has 6 heterocycles. The van der Waals surface area contributed by atoms with Crippen molar-refractivity contribution >= 4 is 116 Å². The van der Waals surface area contributed by atoms with Crippen molar-refractivity contribution < 1.29 is 4.42 Å². The molecule has 0 saturated heterocycles. The molecule has 10 aromatic rings. The molecule has 7 aromatic carbocycles. The van der Waals surface area contributed by atoms with Crippen LogP contribution in [0.15, 0.2) is 132 Å². The SMILES string of the molecule is Cc1cc2c3c(c1)-n1c4c(cc(C(C)(C)C)cc4c4oc5ccccc5c41)B3c1ccc(N3c4ccc(C(C)(C)C)cc4C4(C)CCCCC34C)cc1N2c1cccc2c1sc1ccccc12. The van der Waals surface area contributed by atoms with Gasteiger partial charge < -0.3 is 18.8 Å². The van der Waals surface area contributed by atoms with Gasteiger partial charge in [-0.25, -0.2) is 0 Å². The molecule has 67 heavy (non-hydrogen) atoms. The van der Waals surface area contributed by atoms with Gasteiger partial charge in [0, 0.05) is 60.1 Å². The molecule has 1 fully saturated rings. The normalized spacial score (nSPS) is 19.8. The van der Waals surface area contributed by atoms with Crippen molar-refractivity contribution in [2.24, 2.45) is 0 Å². The largest absolute Gasteiger partial charge is 0.454 e. The fourth-order valence-corrected chi connectivity index (χ4v) is 14.6. The number of benzene rings is 7. The fourth-order valence-electron chi connectivity index (χ4n) is 13.4. The Hall–Kier alpha value is -6.24. The number of aromatic nitrogens is 1. The number of para-hydroxylation sites is 1. The summed E-state index contributed by atoms with van der Waals surface area (Å²) in [6, 6.07) is 49.5. The molecule has 6 heteroatoms. The summed E-state index contributed by atoms with van der Waals surface area (Å²) in [6.07, 6.45) is 4.85. The summed E-state index contributed by atoms with van der Waals surface area (Å²) in [4.78, 5) is 5.46. The first kappa shape index (κ1) is 39.9. The van der Waals surface area contributed by atoms with E-state index in [9.17, 15) is 0 Å². The highest BCUT2D eigenvalue weighted by molar-refractivity contribution is 7.26. The topological polar surface area (TPSA) is 24.6 Å². The highest BCUT2D eigenvalue weighted by atomic mass is 32.1. The first-order valence-corrected chi connectivity index (χ1v) is 25.4. The van der Waals surface area contributed by atoms with Crippen molar-refractivity contribution in [2.45, 2.75) is 110 Å². The lowest BCUT2D eigenvalue weighted by Crippen LogP contribution is -2.60. The minimum Gasteiger partial charge on any atom is -0.454 e. The van der Waals surface area contributed by atoms with Gasteiger partial charge in [0.2, 0.25) is 0 Å². The molecule has 330 valence electrons. The van der Waals surface area contributed by atoms with Crippen LogP contribution in [0.3, 0.4) is 0 Å². The second kappa shape index (κ2) is 13.0. The lowest BCUT2D eigenvalue weighted by Gasteiger charge is -2.50. The predicted octanol–water partition coefficient (Wildman–Crippen LogP) is 15.2. The van der Waals surface area contributed by atoms with E-state index in [0.29, 0.717) is 0 Å². The molecule has 3 aromatic heterocycles. The molecule has 0 radical (unpaired) electrons. The van der Waals surface area contributed by atoms with E-state index in [1.54, 1.807) is 0 Å². The van der Waals surface area contributed by atoms with E-state index in [2.05, 4.69) is 204 Å². The molecule has 4 aliphatic rings. The minimum atomic E-state index is -0.0826. The van der Waals surface area contributed by atoms with Crippen LogP contribution in [0.5, 0.6) is 0 Å². The Morgan fingerprint density at radius 3 is 2.16 bits per heavy atom. The second-order valence-corrected chi connectivity index (χ2v) is 24.0. The monoisotopic (exact) mass is 889 g/mol. The maximum Gasteiger partial charge on any atom is 0.252 e. The summed E-state index contributed by atoms with van der Waals surface area (Å²) in [7, 11) is 0. The highest BCUT2D eigenvalue weighted by Gasteiger charge is 2.58. The number of fused-ring (bicyclic) bond motifs is 15. The van der Waals surface area contributed by atoms with Gasteiger partial charge >= 0.3 is 0 Å². The number of thiophene rings is 1. The summed E-state index contributed by atoms with van der Waals surface area (Å²) < 4.78 is 12.2. The summed E-state index contributed by atoms with van der Waals surface area (Å²) in [5.41, 5.74) is 21.5. The van der Waals surface area contributed by atoms with Gasteiger partial charge in [-0.15, -0.1) is 11.3 Å². The Labute approximate surface area is 397 Å². The molecule has 2 unspecified atom stereocenters. The zero-order valence-corrected chi connectivity index (χ0v) is 41.0. The maximum atomic E-state index is 6.95. The number of nitrogens with zero attached hydrogens (tertiary/aromatic N) is 3. The Kier molecular flexibility index (Phi) is 7.77. The molecule has 0 N–H and O–H groups in total. The minimum absolute atomic E-state index is 0.00539. The molecule has 4 nitrogen and oxygen atoms in total. The summed E-state index contributed by atoms with van der Waals surface area (Å²) >= 11 is 1.92. The van der Waals surface area contributed by atoms with E-state index < -0.39 is 0 Å². The summed E-state index contributed by atoms with van der Waals surface area (Å²) in [6.45, 7) is 21.6. The molecule has 0 amide bonds. The molecule has 0 bridgehead atoms. The first-order chi connectivity index (χ1) is 32.1. The van der Waals surface area contributed by atoms with Gasteiger partial charge in [-0.1, -0.05) is 128 Å². The van der Waals surface area contributed by atoms with Crippen molar-refractivity contribution in [3.05, 3.63) is 150 Å². The molecular weight excluding hydrogens is 834 g/mol. The van der Waals surface area contributed by atoms with Gasteiger partial charge in [-0.3, -0.25) is 0 Å². The predicted molar refractivity (Wildman–Crippen MR) is 288 cm³/mol. The Bertz CT molecular complexity index is 3820. The third-order valence-corrected chi connectivity index (χ3v) is 18.3. The van der Waals surface area contributed by atoms with Crippen LogP contribution in [0.1, 0.15) is 103 Å². The molecule has 2 atom stereocenters. The van der Waals surface area contributed by atoms with Gasteiger partial charge in [0.25, 0.3) is 6.71 Å². The van der Waals surface area contributed by atoms with Gasteiger partial charge in [0.15, 0.2) is 5.58 Å². The van der Waals surface area contributed by atoms with Gasteiger partial charge in [-0.05, 0) is 137 Å². The number of rotatable bonds is 2. The van der Waals surface area contributed by atoms with Crippen LogP contribution in [0.2, 0.25) is 0 Å². The average Bonchev–Trinajstić information content (AvgIpc) is 4.02. The van der Waals surface area contributed by atoms with E-state index >= 15 is 0 Å². The Morgan fingerprint density at radius 2 is 1.34 bits per heavy atom.